The molecule has 11 heteroatoms. The van der Waals surface area contributed by atoms with Crippen LogP contribution in [0.2, 0.25) is 0 Å². The number of amides is 5. The first-order chi connectivity index (χ1) is 17.6. The number of nitrogens with one attached hydrogen (secondary N) is 4. The fourth-order valence-electron chi connectivity index (χ4n) is 3.72. The summed E-state index contributed by atoms with van der Waals surface area (Å²) in [6.45, 7) is 6.41. The number of urea groups is 1. The van der Waals surface area contributed by atoms with Crippen molar-refractivity contribution in [2.45, 2.75) is 78.0 Å². The summed E-state index contributed by atoms with van der Waals surface area (Å²) in [5, 5.41) is 20.1. The van der Waals surface area contributed by atoms with Crippen molar-refractivity contribution in [3.05, 3.63) is 29.8 Å². The Hall–Kier alpha value is -3.18. The fourth-order valence-corrected chi connectivity index (χ4v) is 3.72. The van der Waals surface area contributed by atoms with Gasteiger partial charge in [-0.2, -0.15) is 0 Å². The average Bonchev–Trinajstić information content (AvgIpc) is 2.85. The van der Waals surface area contributed by atoms with Gasteiger partial charge in [0.1, 0.15) is 12.1 Å². The van der Waals surface area contributed by atoms with E-state index in [1.54, 1.807) is 24.3 Å². The lowest BCUT2D eigenvalue weighted by Gasteiger charge is -2.25. The van der Waals surface area contributed by atoms with Crippen LogP contribution in [0.1, 0.15) is 64.9 Å². The molecule has 0 saturated carbocycles. The minimum Gasteiger partial charge on any atom is -0.392 e. The van der Waals surface area contributed by atoms with Gasteiger partial charge in [-0.25, -0.2) is 4.79 Å². The molecule has 0 fully saturated rings. The molecule has 9 N–H and O–H groups in total. The molecule has 1 aromatic carbocycles. The lowest BCUT2D eigenvalue weighted by atomic mass is 9.99. The van der Waals surface area contributed by atoms with Gasteiger partial charge in [-0.15, -0.1) is 0 Å². The van der Waals surface area contributed by atoms with E-state index in [2.05, 4.69) is 21.3 Å². The smallest absolute Gasteiger partial charge is 0.312 e. The van der Waals surface area contributed by atoms with Crippen molar-refractivity contribution >= 4 is 29.4 Å². The van der Waals surface area contributed by atoms with Gasteiger partial charge in [0, 0.05) is 18.2 Å². The highest BCUT2D eigenvalue weighted by Crippen LogP contribution is 2.13. The number of aliphatic hydroxyl groups is 1. The third kappa shape index (κ3) is 13.1. The molecule has 1 rings (SSSR count). The highest BCUT2D eigenvalue weighted by molar-refractivity contribution is 5.98. The molecular weight excluding hydrogens is 476 g/mol. The Morgan fingerprint density at radius 2 is 1.51 bits per heavy atom. The Morgan fingerprint density at radius 1 is 0.865 bits per heavy atom. The lowest BCUT2D eigenvalue weighted by molar-refractivity contribution is -0.132. The zero-order chi connectivity index (χ0) is 27.8. The minimum absolute atomic E-state index is 0.117. The van der Waals surface area contributed by atoms with Crippen molar-refractivity contribution < 1.29 is 24.3 Å². The summed E-state index contributed by atoms with van der Waals surface area (Å²) in [5.74, 6) is -1.24. The number of rotatable bonds is 17. The highest BCUT2D eigenvalue weighted by Gasteiger charge is 2.28. The number of carbonyl (C=O) groups is 4. The predicted molar refractivity (Wildman–Crippen MR) is 143 cm³/mol. The molecule has 3 atom stereocenters. The Balaban J connectivity index is 2.93. The first-order valence-corrected chi connectivity index (χ1v) is 12.9. The molecule has 1 aromatic rings. The molecule has 0 bridgehead atoms. The first-order valence-electron chi connectivity index (χ1n) is 12.9. The number of nitrogens with two attached hydrogens (primary N) is 2. The quantitative estimate of drug-likeness (QED) is 0.152. The maximum Gasteiger partial charge on any atom is 0.312 e. The minimum atomic E-state index is -0.909. The van der Waals surface area contributed by atoms with Crippen LogP contribution in [-0.4, -0.2) is 54.0 Å². The zero-order valence-corrected chi connectivity index (χ0v) is 22.2. The standard InChI is InChI=1S/C26H44N6O5/c1-17(2)15-22(32-23(34)18(3)7-4-5-13-27)25(36)31-21(8-6-14-29-26(28)37)24(35)30-20-11-9-19(16-33)10-12-20/h9-12,17-18,21-22,33H,4-8,13-16,27H2,1-3H3,(H,30,35)(H,31,36)(H,32,34)(H3,28,29,37)/t18-,21-,22-/m0/s1. The zero-order valence-electron chi connectivity index (χ0n) is 22.2. The third-order valence-electron chi connectivity index (χ3n) is 5.88. The van der Waals surface area contributed by atoms with Gasteiger partial charge in [0.15, 0.2) is 0 Å². The highest BCUT2D eigenvalue weighted by atomic mass is 16.3. The first kappa shape index (κ1) is 31.8. The molecule has 0 spiro atoms. The van der Waals surface area contributed by atoms with Crippen LogP contribution in [-0.2, 0) is 21.0 Å². The molecule has 37 heavy (non-hydrogen) atoms. The Bertz CT molecular complexity index is 862. The van der Waals surface area contributed by atoms with Crippen LogP contribution in [0.5, 0.6) is 0 Å². The second-order valence-corrected chi connectivity index (χ2v) is 9.71. The van der Waals surface area contributed by atoms with Crippen molar-refractivity contribution in [1.29, 1.82) is 0 Å². The molecule has 0 unspecified atom stereocenters. The molecule has 208 valence electrons. The summed E-state index contributed by atoms with van der Waals surface area (Å²) in [7, 11) is 0. The van der Waals surface area contributed by atoms with E-state index in [1.807, 2.05) is 20.8 Å². The summed E-state index contributed by atoms with van der Waals surface area (Å²) < 4.78 is 0. The maximum absolute atomic E-state index is 13.2. The van der Waals surface area contributed by atoms with Crippen LogP contribution < -0.4 is 32.7 Å². The van der Waals surface area contributed by atoms with E-state index in [1.165, 1.54) is 0 Å². The van der Waals surface area contributed by atoms with Gasteiger partial charge >= 0.3 is 6.03 Å². The number of anilines is 1. The van der Waals surface area contributed by atoms with Crippen LogP contribution in [0.4, 0.5) is 10.5 Å². The number of aliphatic hydroxyl groups excluding tert-OH is 1. The van der Waals surface area contributed by atoms with Crippen molar-refractivity contribution in [1.82, 2.24) is 16.0 Å². The molecular formula is C26H44N6O5. The van der Waals surface area contributed by atoms with Gasteiger partial charge in [-0.3, -0.25) is 14.4 Å². The van der Waals surface area contributed by atoms with E-state index < -0.39 is 29.9 Å². The van der Waals surface area contributed by atoms with Crippen LogP contribution in [0, 0.1) is 11.8 Å². The van der Waals surface area contributed by atoms with Crippen molar-refractivity contribution in [3.63, 3.8) is 0 Å². The molecule has 0 aliphatic carbocycles. The predicted octanol–water partition coefficient (Wildman–Crippen LogP) is 1.35. The number of benzene rings is 1. The average molecular weight is 521 g/mol. The molecule has 0 aromatic heterocycles. The van der Waals surface area contributed by atoms with E-state index >= 15 is 0 Å². The lowest BCUT2D eigenvalue weighted by Crippen LogP contribution is -2.53. The Morgan fingerprint density at radius 3 is 2.08 bits per heavy atom. The van der Waals surface area contributed by atoms with Crippen molar-refractivity contribution in [2.75, 3.05) is 18.4 Å². The summed E-state index contributed by atoms with van der Waals surface area (Å²) in [5.41, 5.74) is 11.8. The van der Waals surface area contributed by atoms with Crippen LogP contribution in [0.25, 0.3) is 0 Å². The van der Waals surface area contributed by atoms with Crippen LogP contribution in [0.15, 0.2) is 24.3 Å². The van der Waals surface area contributed by atoms with Gasteiger partial charge in [0.25, 0.3) is 0 Å². The van der Waals surface area contributed by atoms with Gasteiger partial charge in [-0.1, -0.05) is 39.3 Å². The van der Waals surface area contributed by atoms with Gasteiger partial charge in [0.2, 0.25) is 17.7 Å². The van der Waals surface area contributed by atoms with Crippen molar-refractivity contribution in [2.24, 2.45) is 23.3 Å². The SMILES string of the molecule is CC(C)C[C@H](NC(=O)[C@@H](C)CCCCN)C(=O)N[C@@H](CCCNC(N)=O)C(=O)Nc1ccc(CO)cc1. The fraction of sp³-hybridized carbons (Fsp3) is 0.615. The normalized spacial score (nSPS) is 13.4. The molecule has 0 radical (unpaired) electrons. The monoisotopic (exact) mass is 520 g/mol. The third-order valence-corrected chi connectivity index (χ3v) is 5.88. The molecule has 5 amide bonds. The largest absolute Gasteiger partial charge is 0.392 e. The summed E-state index contributed by atoms with van der Waals surface area (Å²) in [4.78, 5) is 50.0. The van der Waals surface area contributed by atoms with Gasteiger partial charge in [-0.05, 0) is 62.3 Å². The Kier molecular flexibility index (Phi) is 14.9. The molecule has 0 heterocycles. The summed E-state index contributed by atoms with van der Waals surface area (Å²) in [6.07, 6.45) is 3.37. The van der Waals surface area contributed by atoms with E-state index in [-0.39, 0.29) is 37.3 Å². The van der Waals surface area contributed by atoms with Crippen LogP contribution >= 0.6 is 0 Å². The summed E-state index contributed by atoms with van der Waals surface area (Å²) >= 11 is 0. The molecule has 11 nitrogen and oxygen atoms in total. The van der Waals surface area contributed by atoms with Crippen LogP contribution in [0.3, 0.4) is 0 Å². The van der Waals surface area contributed by atoms with E-state index in [9.17, 15) is 24.3 Å². The number of unbranched alkanes of at least 4 members (excludes halogenated alkanes) is 1. The topological polar surface area (TPSA) is 189 Å². The van der Waals surface area contributed by atoms with Crippen molar-refractivity contribution in [3.8, 4) is 0 Å². The number of hydrogen-bond donors (Lipinski definition) is 7. The Labute approximate surface area is 219 Å². The number of carbonyl (C=O) groups excluding carboxylic acids is 4. The van der Waals surface area contributed by atoms with E-state index in [0.29, 0.717) is 37.1 Å². The summed E-state index contributed by atoms with van der Waals surface area (Å²) in [6, 6.07) is 4.30. The number of hydrogen-bond acceptors (Lipinski definition) is 6. The second kappa shape index (κ2) is 17.3. The number of primary amides is 1. The van der Waals surface area contributed by atoms with Gasteiger partial charge in [0.05, 0.1) is 6.61 Å². The molecule has 0 aliphatic rings. The van der Waals surface area contributed by atoms with E-state index in [4.69, 9.17) is 11.5 Å². The van der Waals surface area contributed by atoms with Gasteiger partial charge < -0.3 is 37.8 Å². The molecule has 0 aliphatic heterocycles. The second-order valence-electron chi connectivity index (χ2n) is 9.71. The molecule has 0 saturated heterocycles. The maximum atomic E-state index is 13.2. The van der Waals surface area contributed by atoms with E-state index in [0.717, 1.165) is 12.8 Å².